The van der Waals surface area contributed by atoms with Gasteiger partial charge in [-0.1, -0.05) is 18.2 Å². The van der Waals surface area contributed by atoms with E-state index in [1.165, 1.54) is 0 Å². The van der Waals surface area contributed by atoms with E-state index in [0.717, 1.165) is 0 Å². The van der Waals surface area contributed by atoms with E-state index in [1.807, 2.05) is 6.07 Å². The lowest BCUT2D eigenvalue weighted by Crippen LogP contribution is -2.22. The average Bonchev–Trinajstić information content (AvgIpc) is 2.15. The third-order valence-corrected chi connectivity index (χ3v) is 2.14. The summed E-state index contributed by atoms with van der Waals surface area (Å²) in [4.78, 5) is 0. The minimum atomic E-state index is -2.01. The molecular formula is C7H9N3O2P+. The quantitative estimate of drug-likeness (QED) is 0.315. The van der Waals surface area contributed by atoms with Gasteiger partial charge in [0.2, 0.25) is 11.3 Å². The monoisotopic (exact) mass is 198 g/mol. The summed E-state index contributed by atoms with van der Waals surface area (Å²) in [5, 5.41) is 3.73. The van der Waals surface area contributed by atoms with E-state index >= 15 is 0 Å². The van der Waals surface area contributed by atoms with Crippen molar-refractivity contribution in [2.45, 2.75) is 0 Å². The van der Waals surface area contributed by atoms with E-state index in [-0.39, 0.29) is 5.96 Å². The Morgan fingerprint density at radius 3 is 2.46 bits per heavy atom. The molecule has 5 nitrogen and oxygen atoms in total. The normalized spacial score (nSPS) is 10.3. The topological polar surface area (TPSA) is 90.7 Å². The molecule has 1 unspecified atom stereocenters. The van der Waals surface area contributed by atoms with Gasteiger partial charge in [0.1, 0.15) is 0 Å². The molecule has 4 N–H and O–H groups in total. The fraction of sp³-hybridized carbons (Fsp3) is 0. The Morgan fingerprint density at radius 1 is 1.31 bits per heavy atom. The largest absolute Gasteiger partial charge is 0.621 e. The number of rotatable bonds is 3. The number of nitrogens with two attached hydrogens (primary N) is 2. The molecule has 68 valence electrons. The van der Waals surface area contributed by atoms with Crippen molar-refractivity contribution in [3.05, 3.63) is 30.3 Å². The second-order valence-corrected chi connectivity index (χ2v) is 3.38. The van der Waals surface area contributed by atoms with Gasteiger partial charge in [0.25, 0.3) is 0 Å². The van der Waals surface area contributed by atoms with Gasteiger partial charge >= 0.3 is 8.03 Å². The molecule has 0 spiro atoms. The maximum absolute atomic E-state index is 11.3. The van der Waals surface area contributed by atoms with Crippen molar-refractivity contribution in [3.63, 3.8) is 0 Å². The van der Waals surface area contributed by atoms with Crippen LogP contribution in [-0.2, 0) is 9.19 Å². The molecule has 0 aliphatic heterocycles. The third-order valence-electron chi connectivity index (χ3n) is 1.19. The lowest BCUT2D eigenvalue weighted by atomic mass is 10.4. The number of oxime groups is 1. The summed E-state index contributed by atoms with van der Waals surface area (Å²) in [6.45, 7) is 0. The highest BCUT2D eigenvalue weighted by molar-refractivity contribution is 7.48. The first-order valence-electron chi connectivity index (χ1n) is 3.48. The Bertz CT molecular complexity index is 322. The van der Waals surface area contributed by atoms with Crippen LogP contribution in [0.25, 0.3) is 0 Å². The van der Waals surface area contributed by atoms with Crippen LogP contribution in [0, 0.1) is 0 Å². The van der Waals surface area contributed by atoms with Crippen molar-refractivity contribution in [2.75, 3.05) is 0 Å². The van der Waals surface area contributed by atoms with Crippen LogP contribution < -0.4 is 16.8 Å². The van der Waals surface area contributed by atoms with Gasteiger partial charge in [-0.25, -0.2) is 0 Å². The second-order valence-electron chi connectivity index (χ2n) is 2.19. The lowest BCUT2D eigenvalue weighted by molar-refractivity contribution is 0.357. The predicted octanol–water partition coefficient (Wildman–Crippen LogP) is 0.259. The second kappa shape index (κ2) is 4.42. The van der Waals surface area contributed by atoms with Crippen LogP contribution in [0.1, 0.15) is 0 Å². The van der Waals surface area contributed by atoms with Crippen LogP contribution in [0.4, 0.5) is 0 Å². The Labute approximate surface area is 76.2 Å². The zero-order valence-electron chi connectivity index (χ0n) is 6.75. The van der Waals surface area contributed by atoms with Crippen LogP contribution in [0.15, 0.2) is 35.5 Å². The van der Waals surface area contributed by atoms with Crippen LogP contribution >= 0.6 is 8.03 Å². The van der Waals surface area contributed by atoms with Crippen molar-refractivity contribution in [1.82, 2.24) is 0 Å². The van der Waals surface area contributed by atoms with Gasteiger partial charge in [0.15, 0.2) is 0 Å². The molecule has 0 amide bonds. The molecule has 0 radical (unpaired) electrons. The van der Waals surface area contributed by atoms with Crippen LogP contribution in [0.2, 0.25) is 0 Å². The fourth-order valence-corrected chi connectivity index (χ4v) is 1.36. The highest BCUT2D eigenvalue weighted by Gasteiger charge is 2.22. The molecule has 0 fully saturated rings. The van der Waals surface area contributed by atoms with Crippen LogP contribution in [0.3, 0.4) is 0 Å². The van der Waals surface area contributed by atoms with E-state index in [4.69, 9.17) is 11.5 Å². The zero-order chi connectivity index (χ0) is 9.68. The molecule has 1 aromatic carbocycles. The molecule has 0 saturated carbocycles. The number of guanidine groups is 1. The smallest absolute Gasteiger partial charge is 0.367 e. The van der Waals surface area contributed by atoms with Gasteiger partial charge in [-0.15, -0.1) is 4.62 Å². The first-order chi connectivity index (χ1) is 6.20. The molecule has 1 atom stereocenters. The Kier molecular flexibility index (Phi) is 3.23. The Hall–Kier alpha value is -1.61. The summed E-state index contributed by atoms with van der Waals surface area (Å²) in [5.41, 5.74) is 9.99. The van der Waals surface area contributed by atoms with Gasteiger partial charge in [0, 0.05) is 5.16 Å². The molecule has 0 aliphatic carbocycles. The minimum Gasteiger partial charge on any atom is -0.367 e. The molecule has 1 aromatic rings. The van der Waals surface area contributed by atoms with Gasteiger partial charge in [-0.3, -0.25) is 0 Å². The summed E-state index contributed by atoms with van der Waals surface area (Å²) < 4.78 is 15.8. The van der Waals surface area contributed by atoms with E-state index in [2.05, 4.69) is 9.78 Å². The zero-order valence-corrected chi connectivity index (χ0v) is 7.65. The van der Waals surface area contributed by atoms with Gasteiger partial charge < -0.3 is 11.5 Å². The predicted molar refractivity (Wildman–Crippen MR) is 50.6 cm³/mol. The van der Waals surface area contributed by atoms with Crippen LogP contribution in [0.5, 0.6) is 0 Å². The summed E-state index contributed by atoms with van der Waals surface area (Å²) in [6.07, 6.45) is 0. The standard InChI is InChI=1S/C7H9N3O2P/c8-7(9)10-12-13(11)6-4-2-1-3-5-6/h1-5H,(H4,8,9,10)/q+1. The molecule has 1 rings (SSSR count). The van der Waals surface area contributed by atoms with E-state index in [1.54, 1.807) is 24.3 Å². The summed E-state index contributed by atoms with van der Waals surface area (Å²) in [5.74, 6) is -0.251. The van der Waals surface area contributed by atoms with E-state index < -0.39 is 8.03 Å². The van der Waals surface area contributed by atoms with Gasteiger partial charge in [0.05, 0.1) is 0 Å². The molecule has 0 aliphatic rings. The average molecular weight is 198 g/mol. The SMILES string of the molecule is NC(N)=NO[P+](=O)c1ccccc1. The third kappa shape index (κ3) is 3.09. The number of hydrogen-bond acceptors (Lipinski definition) is 3. The van der Waals surface area contributed by atoms with Crippen molar-refractivity contribution in [3.8, 4) is 0 Å². The fourth-order valence-electron chi connectivity index (χ4n) is 0.681. The highest BCUT2D eigenvalue weighted by atomic mass is 31.1. The number of nitrogens with zero attached hydrogens (tertiary/aromatic N) is 1. The van der Waals surface area contributed by atoms with Crippen molar-refractivity contribution in [1.29, 1.82) is 0 Å². The van der Waals surface area contributed by atoms with Crippen molar-refractivity contribution < 1.29 is 9.19 Å². The molecular weight excluding hydrogens is 189 g/mol. The summed E-state index contributed by atoms with van der Waals surface area (Å²) in [7, 11) is -2.01. The molecule has 13 heavy (non-hydrogen) atoms. The summed E-state index contributed by atoms with van der Waals surface area (Å²) >= 11 is 0. The highest BCUT2D eigenvalue weighted by Crippen LogP contribution is 2.20. The minimum absolute atomic E-state index is 0.251. The first-order valence-corrected chi connectivity index (χ1v) is 4.66. The molecule has 6 heteroatoms. The van der Waals surface area contributed by atoms with Gasteiger partial charge in [-0.2, -0.15) is 0 Å². The van der Waals surface area contributed by atoms with Crippen LogP contribution in [-0.4, -0.2) is 5.96 Å². The number of benzene rings is 1. The van der Waals surface area contributed by atoms with Crippen molar-refractivity contribution >= 4 is 19.3 Å². The molecule has 0 heterocycles. The molecule has 0 aromatic heterocycles. The van der Waals surface area contributed by atoms with Gasteiger partial charge in [-0.05, 0) is 16.7 Å². The Morgan fingerprint density at radius 2 is 1.92 bits per heavy atom. The van der Waals surface area contributed by atoms with E-state index in [9.17, 15) is 4.57 Å². The Balaban J connectivity index is 2.65. The maximum Gasteiger partial charge on any atom is 0.621 e. The summed E-state index contributed by atoms with van der Waals surface area (Å²) in [6, 6.07) is 8.65. The number of hydrogen-bond donors (Lipinski definition) is 2. The van der Waals surface area contributed by atoms with Crippen molar-refractivity contribution in [2.24, 2.45) is 16.6 Å². The first kappa shape index (κ1) is 9.48. The van der Waals surface area contributed by atoms with E-state index in [0.29, 0.717) is 5.30 Å². The molecule has 0 bridgehead atoms. The maximum atomic E-state index is 11.3. The molecule has 0 saturated heterocycles. The lowest BCUT2D eigenvalue weighted by Gasteiger charge is -1.84.